The van der Waals surface area contributed by atoms with Gasteiger partial charge in [-0.15, -0.1) is 0 Å². The van der Waals surface area contributed by atoms with Crippen molar-refractivity contribution < 1.29 is 4.42 Å². The lowest BCUT2D eigenvalue weighted by Gasteiger charge is -1.98. The number of pyridine rings is 1. The van der Waals surface area contributed by atoms with Crippen LogP contribution in [0.5, 0.6) is 0 Å². The van der Waals surface area contributed by atoms with Gasteiger partial charge in [0.1, 0.15) is 4.60 Å². The Morgan fingerprint density at radius 3 is 2.81 bits per heavy atom. The Kier molecular flexibility index (Phi) is 2.37. The zero-order valence-corrected chi connectivity index (χ0v) is 11.2. The molecule has 3 aromatic heterocycles. The van der Waals surface area contributed by atoms with Crippen molar-refractivity contribution in [3.05, 3.63) is 45.8 Å². The van der Waals surface area contributed by atoms with Crippen molar-refractivity contribution in [1.29, 1.82) is 0 Å². The van der Waals surface area contributed by atoms with Gasteiger partial charge in [-0.2, -0.15) is 0 Å². The van der Waals surface area contributed by atoms with Crippen LogP contribution in [0, 0.1) is 0 Å². The van der Waals surface area contributed by atoms with Crippen LogP contribution in [-0.4, -0.2) is 9.38 Å². The van der Waals surface area contributed by atoms with E-state index in [1.807, 2.05) is 34.9 Å². The molecular weight excluding hydrogens is 336 g/mol. The van der Waals surface area contributed by atoms with Crippen LogP contribution in [0.15, 0.2) is 50.2 Å². The van der Waals surface area contributed by atoms with Gasteiger partial charge in [0, 0.05) is 10.7 Å². The smallest absolute Gasteiger partial charge is 0.181 e. The fraction of sp³-hybridized carbons (Fsp3) is 0. The zero-order chi connectivity index (χ0) is 11.1. The van der Waals surface area contributed by atoms with E-state index in [9.17, 15) is 0 Å². The van der Waals surface area contributed by atoms with E-state index in [2.05, 4.69) is 36.8 Å². The Morgan fingerprint density at radius 2 is 2.06 bits per heavy atom. The maximum Gasteiger partial charge on any atom is 0.181 e. The number of imidazole rings is 1. The molecule has 5 heteroatoms. The van der Waals surface area contributed by atoms with Gasteiger partial charge in [-0.05, 0) is 56.1 Å². The maximum absolute atomic E-state index is 5.36. The second-order valence-electron chi connectivity index (χ2n) is 3.31. The predicted octanol–water partition coefficient (Wildman–Crippen LogP) is 4.12. The van der Waals surface area contributed by atoms with Crippen molar-refractivity contribution in [2.75, 3.05) is 0 Å². The van der Waals surface area contributed by atoms with E-state index < -0.39 is 0 Å². The Labute approximate surface area is 108 Å². The summed E-state index contributed by atoms with van der Waals surface area (Å²) in [4.78, 5) is 4.44. The Bertz CT molecular complexity index is 643. The molecule has 0 amide bonds. The van der Waals surface area contributed by atoms with Crippen molar-refractivity contribution in [2.45, 2.75) is 0 Å². The summed E-state index contributed by atoms with van der Waals surface area (Å²) in [6, 6.07) is 7.71. The third kappa shape index (κ3) is 1.51. The lowest BCUT2D eigenvalue weighted by molar-refractivity contribution is 0.577. The van der Waals surface area contributed by atoms with Crippen molar-refractivity contribution in [1.82, 2.24) is 9.38 Å². The summed E-state index contributed by atoms with van der Waals surface area (Å²) in [6.07, 6.45) is 3.60. The first-order chi connectivity index (χ1) is 7.75. The quantitative estimate of drug-likeness (QED) is 0.666. The van der Waals surface area contributed by atoms with Gasteiger partial charge in [0.05, 0.1) is 11.8 Å². The summed E-state index contributed by atoms with van der Waals surface area (Å²) in [5, 5.41) is 0. The van der Waals surface area contributed by atoms with E-state index in [0.29, 0.717) is 0 Å². The number of hydrogen-bond donors (Lipinski definition) is 0. The molecule has 0 saturated carbocycles. The zero-order valence-electron chi connectivity index (χ0n) is 8.02. The first-order valence-corrected chi connectivity index (χ1v) is 6.21. The predicted molar refractivity (Wildman–Crippen MR) is 68.3 cm³/mol. The minimum atomic E-state index is 0.749. The van der Waals surface area contributed by atoms with E-state index in [-0.39, 0.29) is 0 Å². The van der Waals surface area contributed by atoms with Gasteiger partial charge in [-0.1, -0.05) is 0 Å². The van der Waals surface area contributed by atoms with E-state index in [1.54, 1.807) is 6.26 Å². The van der Waals surface area contributed by atoms with Crippen molar-refractivity contribution >= 4 is 37.4 Å². The van der Waals surface area contributed by atoms with Crippen LogP contribution in [0.2, 0.25) is 0 Å². The highest BCUT2D eigenvalue weighted by molar-refractivity contribution is 9.10. The molecule has 0 fully saturated rings. The Hall–Kier alpha value is -1.07. The number of rotatable bonds is 1. The molecule has 0 atom stereocenters. The minimum absolute atomic E-state index is 0.749. The number of hydrogen-bond acceptors (Lipinski definition) is 2. The fourth-order valence-corrected chi connectivity index (χ4v) is 2.43. The summed E-state index contributed by atoms with van der Waals surface area (Å²) >= 11 is 6.88. The summed E-state index contributed by atoms with van der Waals surface area (Å²) in [7, 11) is 0. The van der Waals surface area contributed by atoms with Crippen LogP contribution in [0.25, 0.3) is 17.1 Å². The van der Waals surface area contributed by atoms with E-state index in [4.69, 9.17) is 4.42 Å². The van der Waals surface area contributed by atoms with Crippen LogP contribution in [0.4, 0.5) is 0 Å². The van der Waals surface area contributed by atoms with E-state index >= 15 is 0 Å². The van der Waals surface area contributed by atoms with Crippen LogP contribution in [0.1, 0.15) is 0 Å². The van der Waals surface area contributed by atoms with E-state index in [0.717, 1.165) is 26.2 Å². The second-order valence-corrected chi connectivity index (χ2v) is 4.97. The number of nitrogens with zero attached hydrogens (tertiary/aromatic N) is 2. The second kappa shape index (κ2) is 3.75. The third-order valence-electron chi connectivity index (χ3n) is 2.30. The highest BCUT2D eigenvalue weighted by Crippen LogP contribution is 2.27. The molecule has 3 rings (SSSR count). The highest BCUT2D eigenvalue weighted by atomic mass is 79.9. The number of aromatic nitrogens is 2. The van der Waals surface area contributed by atoms with Crippen LogP contribution < -0.4 is 0 Å². The average molecular weight is 342 g/mol. The molecule has 0 radical (unpaired) electrons. The standard InChI is InChI=1S/C11H6Br2N2O/c12-7-3-4-8-10(13)14-11(15(8)6-7)9-2-1-5-16-9/h1-6H. The topological polar surface area (TPSA) is 30.4 Å². The minimum Gasteiger partial charge on any atom is -0.461 e. The van der Waals surface area contributed by atoms with Crippen LogP contribution in [0.3, 0.4) is 0 Å². The van der Waals surface area contributed by atoms with Crippen molar-refractivity contribution in [2.24, 2.45) is 0 Å². The van der Waals surface area contributed by atoms with Gasteiger partial charge in [-0.3, -0.25) is 4.40 Å². The molecule has 0 spiro atoms. The summed E-state index contributed by atoms with van der Waals surface area (Å²) in [5.41, 5.74) is 1.01. The summed E-state index contributed by atoms with van der Waals surface area (Å²) < 4.78 is 9.15. The normalized spacial score (nSPS) is 11.1. The number of furan rings is 1. The Balaban J connectivity index is 2.37. The molecule has 0 saturated heterocycles. The molecule has 0 aromatic carbocycles. The third-order valence-corrected chi connectivity index (χ3v) is 3.35. The molecule has 3 aromatic rings. The molecule has 80 valence electrons. The molecule has 0 N–H and O–H groups in total. The molecule has 0 unspecified atom stereocenters. The number of halogens is 2. The van der Waals surface area contributed by atoms with Crippen molar-refractivity contribution in [3.63, 3.8) is 0 Å². The molecule has 0 aliphatic carbocycles. The molecule has 3 heterocycles. The maximum atomic E-state index is 5.36. The van der Waals surface area contributed by atoms with Gasteiger partial charge < -0.3 is 4.42 Å². The van der Waals surface area contributed by atoms with E-state index in [1.165, 1.54) is 0 Å². The first-order valence-electron chi connectivity index (χ1n) is 4.63. The first kappa shape index (κ1) is 10.1. The lowest BCUT2D eigenvalue weighted by atomic mass is 10.4. The van der Waals surface area contributed by atoms with Crippen LogP contribution in [-0.2, 0) is 0 Å². The average Bonchev–Trinajstić information content (AvgIpc) is 2.86. The molecule has 3 nitrogen and oxygen atoms in total. The Morgan fingerprint density at radius 1 is 1.19 bits per heavy atom. The molecule has 0 aliphatic rings. The van der Waals surface area contributed by atoms with Crippen molar-refractivity contribution in [3.8, 4) is 11.6 Å². The van der Waals surface area contributed by atoms with Gasteiger partial charge in [0.25, 0.3) is 0 Å². The molecule has 0 aliphatic heterocycles. The van der Waals surface area contributed by atoms with Gasteiger partial charge in [0.2, 0.25) is 0 Å². The summed E-state index contributed by atoms with van der Waals surface area (Å²) in [5.74, 6) is 1.53. The molecular formula is C11H6Br2N2O. The SMILES string of the molecule is Brc1ccc2c(Br)nc(-c3ccco3)n2c1. The van der Waals surface area contributed by atoms with Gasteiger partial charge in [-0.25, -0.2) is 4.98 Å². The summed E-state index contributed by atoms with van der Waals surface area (Å²) in [6.45, 7) is 0. The van der Waals surface area contributed by atoms with Gasteiger partial charge >= 0.3 is 0 Å². The largest absolute Gasteiger partial charge is 0.461 e. The molecule has 0 bridgehead atoms. The molecule has 16 heavy (non-hydrogen) atoms. The highest BCUT2D eigenvalue weighted by Gasteiger charge is 2.12. The lowest BCUT2D eigenvalue weighted by Crippen LogP contribution is -1.87. The fourth-order valence-electron chi connectivity index (χ4n) is 1.60. The van der Waals surface area contributed by atoms with Crippen LogP contribution >= 0.6 is 31.9 Å². The van der Waals surface area contributed by atoms with Gasteiger partial charge in [0.15, 0.2) is 11.6 Å². The number of fused-ring (bicyclic) bond motifs is 1. The monoisotopic (exact) mass is 340 g/mol.